The van der Waals surface area contributed by atoms with E-state index < -0.39 is 0 Å². The van der Waals surface area contributed by atoms with Gasteiger partial charge in [0, 0.05) is 0 Å². The molecule has 0 amide bonds. The van der Waals surface area contributed by atoms with Crippen molar-refractivity contribution in [1.29, 1.82) is 0 Å². The Bertz CT molecular complexity index is 106. The Balaban J connectivity index is 2.15. The summed E-state index contributed by atoms with van der Waals surface area (Å²) < 4.78 is 0. The van der Waals surface area contributed by atoms with E-state index in [0.717, 1.165) is 11.8 Å². The fourth-order valence-corrected chi connectivity index (χ4v) is 2.13. The van der Waals surface area contributed by atoms with Crippen LogP contribution in [0.25, 0.3) is 0 Å². The van der Waals surface area contributed by atoms with Gasteiger partial charge in [0.2, 0.25) is 0 Å². The highest BCUT2D eigenvalue weighted by atomic mass is 14.9. The first kappa shape index (κ1) is 10.0. The monoisotopic (exact) mass is 169 g/mol. The van der Waals surface area contributed by atoms with Crippen molar-refractivity contribution in [3.63, 3.8) is 0 Å². The van der Waals surface area contributed by atoms with E-state index in [1.807, 2.05) is 0 Å². The van der Waals surface area contributed by atoms with E-state index in [9.17, 15) is 0 Å². The van der Waals surface area contributed by atoms with Gasteiger partial charge in [-0.2, -0.15) is 0 Å². The SMILES string of the molecule is CCCCC(C)C1CCCNC1. The third-order valence-corrected chi connectivity index (χ3v) is 3.15. The summed E-state index contributed by atoms with van der Waals surface area (Å²) >= 11 is 0. The van der Waals surface area contributed by atoms with Crippen LogP contribution in [0.2, 0.25) is 0 Å². The zero-order chi connectivity index (χ0) is 8.81. The number of hydrogen-bond acceptors (Lipinski definition) is 1. The van der Waals surface area contributed by atoms with Gasteiger partial charge in [0.1, 0.15) is 0 Å². The van der Waals surface area contributed by atoms with Crippen LogP contribution in [0, 0.1) is 11.8 Å². The van der Waals surface area contributed by atoms with E-state index in [1.54, 1.807) is 0 Å². The van der Waals surface area contributed by atoms with Crippen LogP contribution in [-0.4, -0.2) is 13.1 Å². The van der Waals surface area contributed by atoms with Crippen molar-refractivity contribution in [3.8, 4) is 0 Å². The fourth-order valence-electron chi connectivity index (χ4n) is 2.13. The van der Waals surface area contributed by atoms with E-state index in [1.165, 1.54) is 45.2 Å². The van der Waals surface area contributed by atoms with E-state index in [0.29, 0.717) is 0 Å². The number of rotatable bonds is 4. The molecule has 1 aliphatic rings. The molecule has 1 nitrogen and oxygen atoms in total. The molecule has 1 heteroatoms. The van der Waals surface area contributed by atoms with Crippen molar-refractivity contribution in [2.75, 3.05) is 13.1 Å². The summed E-state index contributed by atoms with van der Waals surface area (Å²) in [4.78, 5) is 0. The van der Waals surface area contributed by atoms with Crippen molar-refractivity contribution >= 4 is 0 Å². The second-order valence-corrected chi connectivity index (χ2v) is 4.23. The normalized spacial score (nSPS) is 27.0. The molecule has 0 radical (unpaired) electrons. The zero-order valence-corrected chi connectivity index (χ0v) is 8.60. The Kier molecular flexibility index (Phi) is 4.67. The lowest BCUT2D eigenvalue weighted by atomic mass is 9.84. The quantitative estimate of drug-likeness (QED) is 0.682. The maximum absolute atomic E-state index is 3.49. The van der Waals surface area contributed by atoms with Crippen LogP contribution >= 0.6 is 0 Å². The van der Waals surface area contributed by atoms with E-state index in [2.05, 4.69) is 19.2 Å². The minimum absolute atomic E-state index is 0.942. The van der Waals surface area contributed by atoms with Crippen molar-refractivity contribution < 1.29 is 0 Å². The molecule has 0 spiro atoms. The molecule has 0 aromatic heterocycles. The molecule has 2 unspecified atom stereocenters. The lowest BCUT2D eigenvalue weighted by molar-refractivity contribution is 0.264. The summed E-state index contributed by atoms with van der Waals surface area (Å²) in [5.41, 5.74) is 0. The van der Waals surface area contributed by atoms with Gasteiger partial charge < -0.3 is 5.32 Å². The molecule has 1 fully saturated rings. The van der Waals surface area contributed by atoms with Crippen LogP contribution < -0.4 is 5.32 Å². The highest BCUT2D eigenvalue weighted by Crippen LogP contribution is 2.23. The van der Waals surface area contributed by atoms with Gasteiger partial charge >= 0.3 is 0 Å². The van der Waals surface area contributed by atoms with Crippen molar-refractivity contribution in [3.05, 3.63) is 0 Å². The molecule has 0 saturated carbocycles. The summed E-state index contributed by atoms with van der Waals surface area (Å²) in [7, 11) is 0. The average Bonchev–Trinajstić information content (AvgIpc) is 2.15. The summed E-state index contributed by atoms with van der Waals surface area (Å²) in [6.45, 7) is 7.22. The molecule has 12 heavy (non-hydrogen) atoms. The molecule has 2 atom stereocenters. The summed E-state index contributed by atoms with van der Waals surface area (Å²) in [5.74, 6) is 1.91. The Morgan fingerprint density at radius 2 is 2.33 bits per heavy atom. The number of hydrogen-bond donors (Lipinski definition) is 1. The number of nitrogens with one attached hydrogen (secondary N) is 1. The predicted octanol–water partition coefficient (Wildman–Crippen LogP) is 2.81. The second-order valence-electron chi connectivity index (χ2n) is 4.23. The van der Waals surface area contributed by atoms with Crippen LogP contribution in [0.5, 0.6) is 0 Å². The zero-order valence-electron chi connectivity index (χ0n) is 8.60. The molecule has 0 aliphatic carbocycles. The Morgan fingerprint density at radius 3 is 2.92 bits per heavy atom. The van der Waals surface area contributed by atoms with Crippen LogP contribution in [0.4, 0.5) is 0 Å². The van der Waals surface area contributed by atoms with Crippen molar-refractivity contribution in [1.82, 2.24) is 5.32 Å². The first-order chi connectivity index (χ1) is 5.84. The molecule has 1 rings (SSSR count). The topological polar surface area (TPSA) is 12.0 Å². The third-order valence-electron chi connectivity index (χ3n) is 3.15. The van der Waals surface area contributed by atoms with Gasteiger partial charge in [0.15, 0.2) is 0 Å². The molecule has 1 N–H and O–H groups in total. The second kappa shape index (κ2) is 5.58. The minimum Gasteiger partial charge on any atom is -0.316 e. The summed E-state index contributed by atoms with van der Waals surface area (Å²) in [6, 6.07) is 0. The number of unbranched alkanes of at least 4 members (excludes halogenated alkanes) is 1. The van der Waals surface area contributed by atoms with Gasteiger partial charge in [-0.15, -0.1) is 0 Å². The van der Waals surface area contributed by atoms with Gasteiger partial charge in [-0.25, -0.2) is 0 Å². The molecule has 1 saturated heterocycles. The molecular formula is C11H23N. The standard InChI is InChI=1S/C11H23N/c1-3-4-6-10(2)11-7-5-8-12-9-11/h10-12H,3-9H2,1-2H3. The fraction of sp³-hybridized carbons (Fsp3) is 1.00. The predicted molar refractivity (Wildman–Crippen MR) is 54.3 cm³/mol. The van der Waals surface area contributed by atoms with E-state index in [-0.39, 0.29) is 0 Å². The van der Waals surface area contributed by atoms with Gasteiger partial charge in [-0.05, 0) is 37.8 Å². The molecule has 0 aromatic rings. The first-order valence-electron chi connectivity index (χ1n) is 5.55. The summed E-state index contributed by atoms with van der Waals surface area (Å²) in [5, 5.41) is 3.49. The minimum atomic E-state index is 0.942. The first-order valence-corrected chi connectivity index (χ1v) is 5.55. The molecule has 0 aromatic carbocycles. The highest BCUT2D eigenvalue weighted by Gasteiger charge is 2.18. The smallest absolute Gasteiger partial charge is 0.00180 e. The molecular weight excluding hydrogens is 146 g/mol. The van der Waals surface area contributed by atoms with E-state index >= 15 is 0 Å². The summed E-state index contributed by atoms with van der Waals surface area (Å²) in [6.07, 6.45) is 7.05. The lowest BCUT2D eigenvalue weighted by Gasteiger charge is -2.28. The maximum Gasteiger partial charge on any atom is -0.00180 e. The van der Waals surface area contributed by atoms with Crippen molar-refractivity contribution in [2.24, 2.45) is 11.8 Å². The molecule has 72 valence electrons. The highest BCUT2D eigenvalue weighted by molar-refractivity contribution is 4.73. The third kappa shape index (κ3) is 3.14. The Hall–Kier alpha value is -0.0400. The van der Waals surface area contributed by atoms with Gasteiger partial charge in [-0.1, -0.05) is 33.1 Å². The Morgan fingerprint density at radius 1 is 1.50 bits per heavy atom. The van der Waals surface area contributed by atoms with E-state index in [4.69, 9.17) is 0 Å². The molecule has 0 bridgehead atoms. The van der Waals surface area contributed by atoms with Gasteiger partial charge in [0.05, 0.1) is 0 Å². The largest absolute Gasteiger partial charge is 0.316 e. The lowest BCUT2D eigenvalue weighted by Crippen LogP contribution is -2.33. The Labute approximate surface area is 76.9 Å². The van der Waals surface area contributed by atoms with Gasteiger partial charge in [-0.3, -0.25) is 0 Å². The molecule has 1 heterocycles. The maximum atomic E-state index is 3.49. The van der Waals surface area contributed by atoms with Crippen LogP contribution in [-0.2, 0) is 0 Å². The van der Waals surface area contributed by atoms with Crippen LogP contribution in [0.1, 0.15) is 46.0 Å². The van der Waals surface area contributed by atoms with Crippen LogP contribution in [0.15, 0.2) is 0 Å². The van der Waals surface area contributed by atoms with Crippen LogP contribution in [0.3, 0.4) is 0 Å². The van der Waals surface area contributed by atoms with Crippen molar-refractivity contribution in [2.45, 2.75) is 46.0 Å². The number of piperidine rings is 1. The average molecular weight is 169 g/mol. The van der Waals surface area contributed by atoms with Gasteiger partial charge in [0.25, 0.3) is 0 Å². The molecule has 1 aliphatic heterocycles.